The molecule has 0 bridgehead atoms. The molecule has 0 fully saturated rings. The van der Waals surface area contributed by atoms with Crippen molar-refractivity contribution in [1.82, 2.24) is 14.3 Å². The van der Waals surface area contributed by atoms with Crippen molar-refractivity contribution < 1.29 is 4.74 Å². The van der Waals surface area contributed by atoms with Gasteiger partial charge in [0, 0.05) is 28.8 Å². The van der Waals surface area contributed by atoms with Crippen LogP contribution < -0.4 is 10.5 Å². The van der Waals surface area contributed by atoms with Crippen molar-refractivity contribution in [3.8, 4) is 10.9 Å². The van der Waals surface area contributed by atoms with E-state index in [1.165, 1.54) is 17.9 Å². The van der Waals surface area contributed by atoms with Gasteiger partial charge in [0.05, 0.1) is 0 Å². The molecule has 84 valence electrons. The molecule has 0 unspecified atom stereocenters. The van der Waals surface area contributed by atoms with Crippen molar-refractivity contribution >= 4 is 28.1 Å². The summed E-state index contributed by atoms with van der Waals surface area (Å²) in [4.78, 5) is 8.24. The van der Waals surface area contributed by atoms with Crippen molar-refractivity contribution in [1.29, 1.82) is 0 Å². The van der Waals surface area contributed by atoms with Crippen LogP contribution in [-0.2, 0) is 0 Å². The lowest BCUT2D eigenvalue weighted by atomic mass is 10.2. The summed E-state index contributed by atoms with van der Waals surface area (Å²) in [6.45, 7) is 0. The maximum atomic E-state index is 5.88. The third kappa shape index (κ3) is 1.78. The number of hydrogen-bond acceptors (Lipinski definition) is 6. The number of benzene rings is 1. The number of hydrogen-bond donors (Lipinski definition) is 1. The Morgan fingerprint density at radius 3 is 2.94 bits per heavy atom. The highest BCUT2D eigenvalue weighted by Gasteiger charge is 2.08. The number of nitrogens with two attached hydrogens (primary N) is 1. The number of fused-ring (bicyclic) bond motifs is 1. The third-order valence-electron chi connectivity index (χ3n) is 2.30. The first-order valence-corrected chi connectivity index (χ1v) is 5.69. The van der Waals surface area contributed by atoms with Crippen molar-refractivity contribution in [2.75, 3.05) is 5.73 Å². The minimum absolute atomic E-state index is 0.488. The maximum Gasteiger partial charge on any atom is 0.298 e. The van der Waals surface area contributed by atoms with Crippen LogP contribution in [0.4, 0.5) is 5.69 Å². The molecular formula is C11H8N4OS. The second kappa shape index (κ2) is 3.99. The van der Waals surface area contributed by atoms with E-state index < -0.39 is 0 Å². The van der Waals surface area contributed by atoms with Crippen molar-refractivity contribution in [2.24, 2.45) is 0 Å². The SMILES string of the molecule is Nc1ccc(Oc2ncns2)c2ncccc12. The molecule has 2 aromatic heterocycles. The number of pyridine rings is 1. The molecule has 5 nitrogen and oxygen atoms in total. The van der Waals surface area contributed by atoms with Crippen LogP contribution in [0.15, 0.2) is 36.8 Å². The van der Waals surface area contributed by atoms with E-state index in [2.05, 4.69) is 14.3 Å². The van der Waals surface area contributed by atoms with E-state index in [4.69, 9.17) is 10.5 Å². The number of rotatable bonds is 2. The highest BCUT2D eigenvalue weighted by molar-refractivity contribution is 7.07. The molecule has 0 saturated heterocycles. The number of ether oxygens (including phenoxy) is 1. The van der Waals surface area contributed by atoms with Crippen LogP contribution in [0.2, 0.25) is 0 Å². The molecule has 0 aliphatic rings. The molecule has 3 rings (SSSR count). The molecule has 0 saturated carbocycles. The molecule has 2 N–H and O–H groups in total. The Hall–Kier alpha value is -2.21. The maximum absolute atomic E-state index is 5.88. The van der Waals surface area contributed by atoms with Gasteiger partial charge in [0.15, 0.2) is 5.75 Å². The lowest BCUT2D eigenvalue weighted by Crippen LogP contribution is -1.92. The smallest absolute Gasteiger partial charge is 0.298 e. The van der Waals surface area contributed by atoms with Gasteiger partial charge in [-0.05, 0) is 24.3 Å². The van der Waals surface area contributed by atoms with Gasteiger partial charge in [0.1, 0.15) is 11.8 Å². The Labute approximate surface area is 101 Å². The van der Waals surface area contributed by atoms with E-state index in [0.29, 0.717) is 16.6 Å². The average Bonchev–Trinajstić information content (AvgIpc) is 2.86. The van der Waals surface area contributed by atoms with Gasteiger partial charge >= 0.3 is 0 Å². The standard InChI is InChI=1S/C11H8N4OS/c12-8-3-4-9(16-11-14-6-15-17-11)10-7(8)2-1-5-13-10/h1-6H,12H2. The molecule has 0 amide bonds. The van der Waals surface area contributed by atoms with Crippen LogP contribution in [0.1, 0.15) is 0 Å². The molecule has 0 radical (unpaired) electrons. The Morgan fingerprint density at radius 2 is 2.12 bits per heavy atom. The Morgan fingerprint density at radius 1 is 1.18 bits per heavy atom. The van der Waals surface area contributed by atoms with Crippen molar-refractivity contribution in [2.45, 2.75) is 0 Å². The number of anilines is 1. The lowest BCUT2D eigenvalue weighted by molar-refractivity contribution is 0.483. The van der Waals surface area contributed by atoms with Gasteiger partial charge in [-0.15, -0.1) is 0 Å². The van der Waals surface area contributed by atoms with Crippen LogP contribution in [0.3, 0.4) is 0 Å². The monoisotopic (exact) mass is 244 g/mol. The van der Waals surface area contributed by atoms with Crippen LogP contribution in [0.5, 0.6) is 10.9 Å². The molecule has 0 aliphatic heterocycles. The van der Waals surface area contributed by atoms with Crippen molar-refractivity contribution in [3.63, 3.8) is 0 Å². The predicted molar refractivity (Wildman–Crippen MR) is 66.1 cm³/mol. The number of nitrogen functional groups attached to an aromatic ring is 1. The number of nitrogens with zero attached hydrogens (tertiary/aromatic N) is 3. The third-order valence-corrected chi connectivity index (χ3v) is 2.85. The van der Waals surface area contributed by atoms with E-state index >= 15 is 0 Å². The summed E-state index contributed by atoms with van der Waals surface area (Å²) >= 11 is 1.19. The molecule has 0 aliphatic carbocycles. The average molecular weight is 244 g/mol. The van der Waals surface area contributed by atoms with E-state index in [1.807, 2.05) is 12.1 Å². The Balaban J connectivity index is 2.14. The minimum Gasteiger partial charge on any atom is -0.428 e. The fraction of sp³-hybridized carbons (Fsp3) is 0. The van der Waals surface area contributed by atoms with Gasteiger partial charge < -0.3 is 10.5 Å². The molecule has 0 atom stereocenters. The first kappa shape index (κ1) is 9.98. The van der Waals surface area contributed by atoms with Gasteiger partial charge in [-0.1, -0.05) is 0 Å². The van der Waals surface area contributed by atoms with Gasteiger partial charge in [-0.25, -0.2) is 0 Å². The first-order chi connectivity index (χ1) is 8.34. The van der Waals surface area contributed by atoms with E-state index in [9.17, 15) is 0 Å². The van der Waals surface area contributed by atoms with E-state index in [0.717, 1.165) is 10.9 Å². The van der Waals surface area contributed by atoms with E-state index in [-0.39, 0.29) is 0 Å². The van der Waals surface area contributed by atoms with Crippen LogP contribution in [0, 0.1) is 0 Å². The zero-order chi connectivity index (χ0) is 11.7. The summed E-state index contributed by atoms with van der Waals surface area (Å²) in [7, 11) is 0. The van der Waals surface area contributed by atoms with E-state index in [1.54, 1.807) is 18.3 Å². The second-order valence-electron chi connectivity index (χ2n) is 3.36. The highest BCUT2D eigenvalue weighted by Crippen LogP contribution is 2.31. The highest BCUT2D eigenvalue weighted by atomic mass is 32.1. The quantitative estimate of drug-likeness (QED) is 0.701. The van der Waals surface area contributed by atoms with Gasteiger partial charge in [-0.2, -0.15) is 9.36 Å². The number of aromatic nitrogens is 3. The normalized spacial score (nSPS) is 10.6. The largest absolute Gasteiger partial charge is 0.428 e. The molecular weight excluding hydrogens is 236 g/mol. The van der Waals surface area contributed by atoms with Crippen LogP contribution in [0.25, 0.3) is 10.9 Å². The van der Waals surface area contributed by atoms with Gasteiger partial charge in [0.25, 0.3) is 5.19 Å². The molecule has 2 heterocycles. The van der Waals surface area contributed by atoms with Crippen molar-refractivity contribution in [3.05, 3.63) is 36.8 Å². The van der Waals surface area contributed by atoms with Gasteiger partial charge in [0.2, 0.25) is 0 Å². The summed E-state index contributed by atoms with van der Waals surface area (Å²) in [5, 5.41) is 1.36. The Bertz CT molecular complexity index is 654. The second-order valence-corrected chi connectivity index (χ2v) is 4.10. The molecule has 6 heteroatoms. The molecule has 1 aromatic carbocycles. The zero-order valence-corrected chi connectivity index (χ0v) is 9.52. The molecule has 17 heavy (non-hydrogen) atoms. The molecule has 0 spiro atoms. The summed E-state index contributed by atoms with van der Waals surface area (Å²) < 4.78 is 9.49. The fourth-order valence-corrected chi connectivity index (χ4v) is 1.96. The predicted octanol–water partition coefficient (Wildman–Crippen LogP) is 2.46. The molecule has 3 aromatic rings. The summed E-state index contributed by atoms with van der Waals surface area (Å²) in [6, 6.07) is 7.32. The zero-order valence-electron chi connectivity index (χ0n) is 8.70. The Kier molecular flexibility index (Phi) is 2.34. The van der Waals surface area contributed by atoms with Crippen LogP contribution in [-0.4, -0.2) is 14.3 Å². The fourth-order valence-electron chi connectivity index (χ4n) is 1.55. The van der Waals surface area contributed by atoms with Crippen LogP contribution >= 0.6 is 11.5 Å². The van der Waals surface area contributed by atoms with Gasteiger partial charge in [-0.3, -0.25) is 4.98 Å². The summed E-state index contributed by atoms with van der Waals surface area (Å²) in [5.41, 5.74) is 7.28. The minimum atomic E-state index is 0.488. The lowest BCUT2D eigenvalue weighted by Gasteiger charge is -2.06. The first-order valence-electron chi connectivity index (χ1n) is 4.92. The topological polar surface area (TPSA) is 73.9 Å². The summed E-state index contributed by atoms with van der Waals surface area (Å²) in [6.07, 6.45) is 3.15. The summed E-state index contributed by atoms with van der Waals surface area (Å²) in [5.74, 6) is 0.631.